The summed E-state index contributed by atoms with van der Waals surface area (Å²) >= 11 is 0. The predicted octanol–water partition coefficient (Wildman–Crippen LogP) is 0.223. The minimum absolute atomic E-state index is 0.0256. The monoisotopic (exact) mass is 355 g/mol. The van der Waals surface area contributed by atoms with E-state index < -0.39 is 0 Å². The highest BCUT2D eigenvalue weighted by Crippen LogP contribution is 2.21. The summed E-state index contributed by atoms with van der Waals surface area (Å²) < 4.78 is 8.21. The minimum atomic E-state index is -0.287. The Kier molecular flexibility index (Phi) is 5.52. The van der Waals surface area contributed by atoms with Crippen LogP contribution in [0.2, 0.25) is 0 Å². The number of nitrogens with one attached hydrogen (secondary N) is 1. The maximum atomic E-state index is 13.1. The molecule has 1 aliphatic rings. The van der Waals surface area contributed by atoms with Crippen molar-refractivity contribution >= 4 is 23.1 Å². The summed E-state index contributed by atoms with van der Waals surface area (Å²) in [7, 11) is 1.55. The Morgan fingerprint density at radius 2 is 2.08 bits per heavy atom. The Morgan fingerprint density at radius 1 is 1.31 bits per heavy atom. The van der Waals surface area contributed by atoms with E-state index in [2.05, 4.69) is 36.9 Å². The number of hydrogen-bond donors (Lipinski definition) is 1. The second-order valence-corrected chi connectivity index (χ2v) is 5.81. The number of hydrogen-bond acceptors (Lipinski definition) is 6. The quantitative estimate of drug-likeness (QED) is 0.611. The van der Waals surface area contributed by atoms with Gasteiger partial charge < -0.3 is 19.8 Å². The van der Waals surface area contributed by atoms with E-state index in [1.807, 2.05) is 4.57 Å². The van der Waals surface area contributed by atoms with Crippen LogP contribution in [-0.2, 0) is 17.8 Å². The topological polar surface area (TPSA) is 81.6 Å². The standard InChI is InChI=1S/C17H21N7O2/c1-4-5-8-23-13-14(21-17(23)22-9-6-19-7-10-22)20-16(18-2)24(15(13)25)11-12-26-3/h19H,6-12H2,1,3H3. The summed E-state index contributed by atoms with van der Waals surface area (Å²) in [5, 5.41) is 3.30. The summed E-state index contributed by atoms with van der Waals surface area (Å²) in [5.41, 5.74) is 0.385. The van der Waals surface area contributed by atoms with Crippen LogP contribution in [0.3, 0.4) is 0 Å². The molecule has 1 aliphatic heterocycles. The average Bonchev–Trinajstić information content (AvgIpc) is 3.04. The zero-order valence-corrected chi connectivity index (χ0v) is 14.9. The maximum absolute atomic E-state index is 13.1. The molecule has 0 bridgehead atoms. The molecule has 2 aromatic heterocycles. The molecule has 1 fully saturated rings. The number of fused-ring (bicyclic) bond motifs is 1. The molecular formula is C17H21N7O2. The highest BCUT2D eigenvalue weighted by atomic mass is 16.5. The van der Waals surface area contributed by atoms with E-state index in [1.165, 1.54) is 4.57 Å². The Bertz CT molecular complexity index is 952. The molecule has 26 heavy (non-hydrogen) atoms. The molecular weight excluding hydrogens is 334 g/mol. The third kappa shape index (κ3) is 3.27. The fourth-order valence-electron chi connectivity index (χ4n) is 2.98. The first kappa shape index (κ1) is 17.9. The lowest BCUT2D eigenvalue weighted by Crippen LogP contribution is -2.44. The molecule has 0 atom stereocenters. The SMILES string of the molecule is [C-]#[N+]c1nc2nc(N3CCNCC3)n(CC#CC)c2c(=O)n1CCOC. The fourth-order valence-corrected chi connectivity index (χ4v) is 2.98. The van der Waals surface area contributed by atoms with Crippen molar-refractivity contribution in [2.45, 2.75) is 20.0 Å². The van der Waals surface area contributed by atoms with E-state index in [-0.39, 0.29) is 18.1 Å². The van der Waals surface area contributed by atoms with Crippen molar-refractivity contribution in [2.24, 2.45) is 0 Å². The molecule has 3 rings (SSSR count). The second kappa shape index (κ2) is 8.00. The molecule has 3 heterocycles. The van der Waals surface area contributed by atoms with E-state index >= 15 is 0 Å². The third-order valence-corrected chi connectivity index (χ3v) is 4.26. The summed E-state index contributed by atoms with van der Waals surface area (Å²) in [6.07, 6.45) is 0. The van der Waals surface area contributed by atoms with Gasteiger partial charge in [0.1, 0.15) is 0 Å². The van der Waals surface area contributed by atoms with Gasteiger partial charge >= 0.3 is 11.5 Å². The molecule has 0 aromatic carbocycles. The van der Waals surface area contributed by atoms with Gasteiger partial charge in [-0.15, -0.1) is 17.5 Å². The zero-order chi connectivity index (χ0) is 18.5. The number of methoxy groups -OCH3 is 1. The van der Waals surface area contributed by atoms with Crippen molar-refractivity contribution in [1.82, 2.24) is 24.4 Å². The van der Waals surface area contributed by atoms with Crippen molar-refractivity contribution in [3.63, 3.8) is 0 Å². The van der Waals surface area contributed by atoms with Crippen LogP contribution in [-0.4, -0.2) is 59.0 Å². The first-order valence-corrected chi connectivity index (χ1v) is 8.44. The predicted molar refractivity (Wildman–Crippen MR) is 98.5 cm³/mol. The van der Waals surface area contributed by atoms with E-state index in [0.29, 0.717) is 30.3 Å². The summed E-state index contributed by atoms with van der Waals surface area (Å²) in [4.78, 5) is 27.5. The lowest BCUT2D eigenvalue weighted by Gasteiger charge is -2.28. The molecule has 9 nitrogen and oxygen atoms in total. The highest BCUT2D eigenvalue weighted by molar-refractivity contribution is 5.75. The van der Waals surface area contributed by atoms with Gasteiger partial charge in [-0.05, 0) is 6.92 Å². The van der Waals surface area contributed by atoms with E-state index in [1.54, 1.807) is 14.0 Å². The first-order valence-electron chi connectivity index (χ1n) is 8.44. The van der Waals surface area contributed by atoms with Gasteiger partial charge in [-0.25, -0.2) is 4.79 Å². The van der Waals surface area contributed by atoms with Gasteiger partial charge in [-0.3, -0.25) is 9.13 Å². The smallest absolute Gasteiger partial charge is 0.343 e. The molecule has 0 unspecified atom stereocenters. The fraction of sp³-hybridized carbons (Fsp3) is 0.529. The minimum Gasteiger partial charge on any atom is -0.396 e. The number of ether oxygens (including phenoxy) is 1. The molecule has 0 saturated carbocycles. The average molecular weight is 355 g/mol. The second-order valence-electron chi connectivity index (χ2n) is 5.81. The molecule has 1 saturated heterocycles. The Balaban J connectivity index is 2.22. The first-order chi connectivity index (χ1) is 12.7. The summed E-state index contributed by atoms with van der Waals surface area (Å²) in [6.45, 7) is 13.3. The van der Waals surface area contributed by atoms with Gasteiger partial charge in [0.25, 0.3) is 0 Å². The van der Waals surface area contributed by atoms with Crippen LogP contribution in [0.5, 0.6) is 0 Å². The third-order valence-electron chi connectivity index (χ3n) is 4.26. The molecule has 1 N–H and O–H groups in total. The van der Waals surface area contributed by atoms with Gasteiger partial charge in [-0.1, -0.05) is 5.92 Å². The molecule has 9 heteroatoms. The number of anilines is 1. The van der Waals surface area contributed by atoms with E-state index in [9.17, 15) is 4.79 Å². The molecule has 0 spiro atoms. The lowest BCUT2D eigenvalue weighted by molar-refractivity contribution is 0.187. The molecule has 0 aliphatic carbocycles. The molecule has 136 valence electrons. The van der Waals surface area contributed by atoms with Gasteiger partial charge in [0, 0.05) is 33.3 Å². The van der Waals surface area contributed by atoms with Crippen LogP contribution in [0.15, 0.2) is 4.79 Å². The van der Waals surface area contributed by atoms with Crippen molar-refractivity contribution in [3.05, 3.63) is 21.8 Å². The number of imidazole rings is 1. The van der Waals surface area contributed by atoms with Gasteiger partial charge in [0.2, 0.25) is 11.6 Å². The van der Waals surface area contributed by atoms with Crippen LogP contribution in [0.25, 0.3) is 16.0 Å². The van der Waals surface area contributed by atoms with Crippen molar-refractivity contribution < 1.29 is 4.74 Å². The van der Waals surface area contributed by atoms with Crippen LogP contribution >= 0.6 is 0 Å². The Labute approximate surface area is 151 Å². The number of aromatic nitrogens is 4. The van der Waals surface area contributed by atoms with Crippen LogP contribution < -0.4 is 15.8 Å². The highest BCUT2D eigenvalue weighted by Gasteiger charge is 2.25. The molecule has 0 radical (unpaired) electrons. The summed E-state index contributed by atoms with van der Waals surface area (Å²) in [6, 6.07) is 0. The number of rotatable bonds is 5. The summed E-state index contributed by atoms with van der Waals surface area (Å²) in [5.74, 6) is 6.58. The molecule has 0 amide bonds. The van der Waals surface area contributed by atoms with Gasteiger partial charge in [-0.2, -0.15) is 4.98 Å². The van der Waals surface area contributed by atoms with Crippen LogP contribution in [0.1, 0.15) is 6.92 Å². The van der Waals surface area contributed by atoms with Crippen molar-refractivity contribution in [1.29, 1.82) is 0 Å². The normalized spacial score (nSPS) is 14.1. The van der Waals surface area contributed by atoms with Gasteiger partial charge in [0.15, 0.2) is 5.52 Å². The van der Waals surface area contributed by atoms with E-state index in [0.717, 1.165) is 26.2 Å². The lowest BCUT2D eigenvalue weighted by atomic mass is 10.4. The Hall–Kier alpha value is -2.88. The van der Waals surface area contributed by atoms with Gasteiger partial charge in [0.05, 0.1) is 19.7 Å². The number of nitrogens with zero attached hydrogens (tertiary/aromatic N) is 6. The maximum Gasteiger partial charge on any atom is 0.343 e. The molecule has 2 aromatic rings. The van der Waals surface area contributed by atoms with Crippen molar-refractivity contribution in [3.8, 4) is 11.8 Å². The largest absolute Gasteiger partial charge is 0.396 e. The van der Waals surface area contributed by atoms with Crippen LogP contribution in [0.4, 0.5) is 11.9 Å². The van der Waals surface area contributed by atoms with Crippen molar-refractivity contribution in [2.75, 3.05) is 44.8 Å². The number of piperazine rings is 1. The van der Waals surface area contributed by atoms with E-state index in [4.69, 9.17) is 11.3 Å². The Morgan fingerprint density at radius 3 is 2.73 bits per heavy atom. The van der Waals surface area contributed by atoms with Crippen LogP contribution in [0, 0.1) is 18.4 Å². The zero-order valence-electron chi connectivity index (χ0n) is 14.9.